The first-order valence-electron chi connectivity index (χ1n) is 7.08. The average molecular weight is 348 g/mol. The van der Waals surface area contributed by atoms with Crippen LogP contribution in [0, 0.1) is 6.92 Å². The summed E-state index contributed by atoms with van der Waals surface area (Å²) in [6.07, 6.45) is 0.711. The van der Waals surface area contributed by atoms with Crippen LogP contribution in [0.3, 0.4) is 0 Å². The molecule has 3 aromatic rings. The summed E-state index contributed by atoms with van der Waals surface area (Å²) in [6, 6.07) is 6.70. The van der Waals surface area contributed by atoms with Crippen molar-refractivity contribution in [1.29, 1.82) is 0 Å². The van der Waals surface area contributed by atoms with Crippen LogP contribution in [0.25, 0.3) is 4.96 Å². The number of nitrogens with zero attached hydrogens (tertiary/aromatic N) is 2. The third kappa shape index (κ3) is 2.75. The van der Waals surface area contributed by atoms with Gasteiger partial charge in [0.15, 0.2) is 4.96 Å². The Labute approximate surface area is 141 Å². The van der Waals surface area contributed by atoms with Crippen LogP contribution in [0.2, 0.25) is 5.02 Å². The molecule has 23 heavy (non-hydrogen) atoms. The summed E-state index contributed by atoms with van der Waals surface area (Å²) in [7, 11) is 0. The topological polar surface area (TPSA) is 63.5 Å². The quantitative estimate of drug-likeness (QED) is 0.788. The number of carbonyl (C=O) groups is 1. The predicted molar refractivity (Wildman–Crippen MR) is 92.9 cm³/mol. The van der Waals surface area contributed by atoms with E-state index < -0.39 is 5.91 Å². The number of carbonyl (C=O) groups excluding carboxylic acids is 1. The summed E-state index contributed by atoms with van der Waals surface area (Å²) in [5.41, 5.74) is 1.58. The lowest BCUT2D eigenvalue weighted by molar-refractivity contribution is 0.102. The second kappa shape index (κ2) is 6.14. The van der Waals surface area contributed by atoms with Crippen molar-refractivity contribution in [2.45, 2.75) is 20.3 Å². The maximum atomic E-state index is 12.7. The largest absolute Gasteiger partial charge is 0.316 e. The maximum absolute atomic E-state index is 12.7. The number of thiazole rings is 1. The molecule has 0 atom stereocenters. The standard InChI is InChI=1S/C16H14ClN3O2S/c1-3-10-8-23-16-18-9(2)13(15(22)20(10)16)19-14(21)11-6-4-5-7-12(11)17/h4-8H,3H2,1-2H3,(H,19,21). The van der Waals surface area contributed by atoms with Crippen molar-refractivity contribution in [2.75, 3.05) is 5.32 Å². The minimum atomic E-state index is -0.425. The van der Waals surface area contributed by atoms with Crippen LogP contribution in [0.4, 0.5) is 5.69 Å². The zero-order valence-electron chi connectivity index (χ0n) is 12.6. The van der Waals surface area contributed by atoms with Gasteiger partial charge in [0, 0.05) is 11.1 Å². The van der Waals surface area contributed by atoms with Gasteiger partial charge < -0.3 is 5.32 Å². The van der Waals surface area contributed by atoms with Gasteiger partial charge in [-0.05, 0) is 25.5 Å². The Balaban J connectivity index is 2.08. The van der Waals surface area contributed by atoms with Gasteiger partial charge in [0.1, 0.15) is 5.69 Å². The average Bonchev–Trinajstić information content (AvgIpc) is 2.94. The number of nitrogens with one attached hydrogen (secondary N) is 1. The molecule has 0 fully saturated rings. The molecule has 1 aromatic carbocycles. The van der Waals surface area contributed by atoms with Gasteiger partial charge in [-0.2, -0.15) is 0 Å². The first-order chi connectivity index (χ1) is 11.0. The summed E-state index contributed by atoms with van der Waals surface area (Å²) in [5.74, 6) is -0.425. The Kier molecular flexibility index (Phi) is 4.19. The SMILES string of the molecule is CCc1csc2nc(C)c(NC(=O)c3ccccc3Cl)c(=O)n12. The molecule has 118 valence electrons. The van der Waals surface area contributed by atoms with Crippen LogP contribution in [0.15, 0.2) is 34.4 Å². The molecule has 3 rings (SSSR count). The lowest BCUT2D eigenvalue weighted by Crippen LogP contribution is -2.25. The number of halogens is 1. The molecule has 7 heteroatoms. The van der Waals surface area contributed by atoms with E-state index in [-0.39, 0.29) is 11.2 Å². The van der Waals surface area contributed by atoms with Gasteiger partial charge in [-0.15, -0.1) is 11.3 Å². The summed E-state index contributed by atoms with van der Waals surface area (Å²) < 4.78 is 1.54. The van der Waals surface area contributed by atoms with Gasteiger partial charge in [0.25, 0.3) is 11.5 Å². The van der Waals surface area contributed by atoms with Gasteiger partial charge in [-0.1, -0.05) is 30.7 Å². The van der Waals surface area contributed by atoms with Crippen LogP contribution in [0.5, 0.6) is 0 Å². The van der Waals surface area contributed by atoms with E-state index in [4.69, 9.17) is 11.6 Å². The van der Waals surface area contributed by atoms with Crippen LogP contribution < -0.4 is 10.9 Å². The Morgan fingerprint density at radius 2 is 2.13 bits per heavy atom. The van der Waals surface area contributed by atoms with E-state index in [1.54, 1.807) is 35.6 Å². The van der Waals surface area contributed by atoms with E-state index >= 15 is 0 Å². The smallest absolute Gasteiger partial charge is 0.282 e. The number of hydrogen-bond acceptors (Lipinski definition) is 4. The monoisotopic (exact) mass is 347 g/mol. The highest BCUT2D eigenvalue weighted by Crippen LogP contribution is 2.19. The van der Waals surface area contributed by atoms with Gasteiger partial charge in [-0.25, -0.2) is 4.98 Å². The van der Waals surface area contributed by atoms with E-state index in [9.17, 15) is 9.59 Å². The number of aryl methyl sites for hydroxylation is 2. The summed E-state index contributed by atoms with van der Waals surface area (Å²) in [5, 5.41) is 4.89. The molecule has 0 saturated carbocycles. The Bertz CT molecular complexity index is 962. The first kappa shape index (κ1) is 15.7. The zero-order chi connectivity index (χ0) is 16.6. The van der Waals surface area contributed by atoms with Crippen molar-refractivity contribution in [3.63, 3.8) is 0 Å². The lowest BCUT2D eigenvalue weighted by Gasteiger charge is -2.09. The fourth-order valence-corrected chi connectivity index (χ4v) is 3.55. The third-order valence-electron chi connectivity index (χ3n) is 3.54. The highest BCUT2D eigenvalue weighted by atomic mass is 35.5. The summed E-state index contributed by atoms with van der Waals surface area (Å²) in [6.45, 7) is 3.67. The van der Waals surface area contributed by atoms with Gasteiger partial charge in [0.2, 0.25) is 0 Å². The van der Waals surface area contributed by atoms with Crippen molar-refractivity contribution in [3.8, 4) is 0 Å². The summed E-state index contributed by atoms with van der Waals surface area (Å²) >= 11 is 7.44. The van der Waals surface area contributed by atoms with Crippen molar-refractivity contribution in [2.24, 2.45) is 0 Å². The second-order valence-corrected chi connectivity index (χ2v) is 6.25. The zero-order valence-corrected chi connectivity index (χ0v) is 14.2. The van der Waals surface area contributed by atoms with Crippen LogP contribution >= 0.6 is 22.9 Å². The fourth-order valence-electron chi connectivity index (χ4n) is 2.32. The maximum Gasteiger partial charge on any atom is 0.282 e. The van der Waals surface area contributed by atoms with E-state index in [1.165, 1.54) is 11.3 Å². The normalized spacial score (nSPS) is 10.9. The molecule has 2 heterocycles. The molecule has 0 aliphatic heterocycles. The Morgan fingerprint density at radius 1 is 1.39 bits per heavy atom. The molecule has 1 N–H and O–H groups in total. The molecule has 0 bridgehead atoms. The van der Waals surface area contributed by atoms with E-state index in [0.717, 1.165) is 5.69 Å². The number of aromatic nitrogens is 2. The molecule has 1 amide bonds. The molecule has 0 aliphatic rings. The van der Waals surface area contributed by atoms with Crippen molar-refractivity contribution in [3.05, 3.63) is 62.0 Å². The van der Waals surface area contributed by atoms with Crippen molar-refractivity contribution < 1.29 is 4.79 Å². The van der Waals surface area contributed by atoms with Crippen LogP contribution in [0.1, 0.15) is 28.7 Å². The second-order valence-electron chi connectivity index (χ2n) is 5.01. The van der Waals surface area contributed by atoms with Gasteiger partial charge in [-0.3, -0.25) is 14.0 Å². The fraction of sp³-hybridized carbons (Fsp3) is 0.188. The van der Waals surface area contributed by atoms with Crippen LogP contribution in [-0.2, 0) is 6.42 Å². The lowest BCUT2D eigenvalue weighted by atomic mass is 10.2. The van der Waals surface area contributed by atoms with Crippen LogP contribution in [-0.4, -0.2) is 15.3 Å². The number of amides is 1. The molecule has 0 radical (unpaired) electrons. The number of rotatable bonds is 3. The third-order valence-corrected chi connectivity index (χ3v) is 4.74. The highest BCUT2D eigenvalue weighted by molar-refractivity contribution is 7.15. The number of benzene rings is 1. The Hall–Kier alpha value is -2.18. The van der Waals surface area contributed by atoms with Crippen molar-refractivity contribution >= 4 is 39.5 Å². The van der Waals surface area contributed by atoms with E-state index in [0.29, 0.717) is 27.7 Å². The molecule has 0 aliphatic carbocycles. The predicted octanol–water partition coefficient (Wildman–Crippen LogP) is 3.53. The van der Waals surface area contributed by atoms with Gasteiger partial charge >= 0.3 is 0 Å². The molecule has 0 saturated heterocycles. The molecule has 2 aromatic heterocycles. The number of anilines is 1. The number of fused-ring (bicyclic) bond motifs is 1. The molecule has 0 spiro atoms. The molecule has 0 unspecified atom stereocenters. The van der Waals surface area contributed by atoms with E-state index in [1.807, 2.05) is 12.3 Å². The summed E-state index contributed by atoms with van der Waals surface area (Å²) in [4.78, 5) is 30.2. The Morgan fingerprint density at radius 3 is 2.83 bits per heavy atom. The number of hydrogen-bond donors (Lipinski definition) is 1. The molecular formula is C16H14ClN3O2S. The first-order valence-corrected chi connectivity index (χ1v) is 8.34. The highest BCUT2D eigenvalue weighted by Gasteiger charge is 2.17. The molecule has 5 nitrogen and oxygen atoms in total. The van der Waals surface area contributed by atoms with Gasteiger partial charge in [0.05, 0.1) is 16.3 Å². The molecular weight excluding hydrogens is 334 g/mol. The minimum absolute atomic E-state index is 0.181. The van der Waals surface area contributed by atoms with E-state index in [2.05, 4.69) is 10.3 Å². The minimum Gasteiger partial charge on any atom is -0.316 e. The van der Waals surface area contributed by atoms with Crippen molar-refractivity contribution in [1.82, 2.24) is 9.38 Å².